The molecule has 2 heterocycles. The van der Waals surface area contributed by atoms with Crippen LogP contribution in [-0.2, 0) is 30.2 Å². The average Bonchev–Trinajstić information content (AvgIpc) is 3.24. The Kier molecular flexibility index (Phi) is 5.34. The lowest BCUT2D eigenvalue weighted by molar-refractivity contribution is -0.144. The van der Waals surface area contributed by atoms with Crippen LogP contribution >= 0.6 is 0 Å². The minimum atomic E-state index is -4.98. The number of aromatic nitrogens is 1. The van der Waals surface area contributed by atoms with E-state index in [1.54, 1.807) is 18.2 Å². The zero-order valence-electron chi connectivity index (χ0n) is 16.4. The van der Waals surface area contributed by atoms with Gasteiger partial charge < -0.3 is 14.4 Å². The fourth-order valence-electron chi connectivity index (χ4n) is 4.11. The molecule has 1 unspecified atom stereocenters. The Balaban J connectivity index is 1.62. The number of hydrogen-bond acceptors (Lipinski definition) is 2. The van der Waals surface area contributed by atoms with Gasteiger partial charge in [0, 0.05) is 28.8 Å². The Morgan fingerprint density at radius 1 is 1.03 bits per heavy atom. The molecule has 1 aromatic heterocycles. The van der Waals surface area contributed by atoms with Crippen LogP contribution in [0.15, 0.2) is 42.5 Å². The molecule has 1 aliphatic rings. The van der Waals surface area contributed by atoms with Gasteiger partial charge in [0.05, 0.1) is 23.1 Å². The van der Waals surface area contributed by atoms with Gasteiger partial charge >= 0.3 is 18.3 Å². The Morgan fingerprint density at radius 3 is 2.44 bits per heavy atom. The Hall–Kier alpha value is -3.17. The fraction of sp³-hybridized carbons (Fsp3) is 0.318. The van der Waals surface area contributed by atoms with Gasteiger partial charge in [0.1, 0.15) is 12.4 Å². The first kappa shape index (κ1) is 22.0. The number of hydrogen-bond donors (Lipinski definition) is 1. The van der Waals surface area contributed by atoms with Crippen molar-refractivity contribution in [2.24, 2.45) is 0 Å². The summed E-state index contributed by atoms with van der Waals surface area (Å²) in [5.74, 6) is -0.702. The summed E-state index contributed by atoms with van der Waals surface area (Å²) in [6.45, 7) is -0.579. The van der Waals surface area contributed by atoms with Gasteiger partial charge in [-0.15, -0.1) is 0 Å². The molecule has 32 heavy (non-hydrogen) atoms. The number of fused-ring (bicyclic) bond motifs is 3. The van der Waals surface area contributed by atoms with Gasteiger partial charge in [0.25, 0.3) is 0 Å². The summed E-state index contributed by atoms with van der Waals surface area (Å²) in [5.41, 5.74) is -1.55. The Morgan fingerprint density at radius 2 is 1.78 bits per heavy atom. The maximum Gasteiger partial charge on any atom is 0.416 e. The van der Waals surface area contributed by atoms with Crippen LogP contribution in [0, 0.1) is 0 Å². The third kappa shape index (κ3) is 4.26. The lowest BCUT2D eigenvalue weighted by atomic mass is 10.0. The van der Waals surface area contributed by atoms with Gasteiger partial charge in [-0.25, -0.2) is 0 Å². The van der Waals surface area contributed by atoms with Crippen molar-refractivity contribution in [1.82, 2.24) is 4.57 Å². The number of aryl methyl sites for hydroxylation is 1. The molecule has 1 aliphatic heterocycles. The van der Waals surface area contributed by atoms with E-state index in [0.29, 0.717) is 24.4 Å². The summed E-state index contributed by atoms with van der Waals surface area (Å²) in [7, 11) is 0. The number of rotatable bonds is 5. The molecular weight excluding hydrogens is 440 g/mol. The fourth-order valence-corrected chi connectivity index (χ4v) is 4.11. The van der Waals surface area contributed by atoms with Crippen LogP contribution in [0.4, 0.5) is 26.3 Å². The zero-order valence-corrected chi connectivity index (χ0v) is 16.4. The summed E-state index contributed by atoms with van der Waals surface area (Å²) in [6, 6.07) is 8.01. The van der Waals surface area contributed by atoms with Crippen molar-refractivity contribution in [1.29, 1.82) is 0 Å². The van der Waals surface area contributed by atoms with Crippen molar-refractivity contribution in [3.05, 3.63) is 64.8 Å². The summed E-state index contributed by atoms with van der Waals surface area (Å²) in [4.78, 5) is 11.1. The topological polar surface area (TPSA) is 51.5 Å². The van der Waals surface area contributed by atoms with E-state index in [1.807, 2.05) is 10.6 Å². The Bertz CT molecular complexity index is 1180. The molecule has 3 aromatic rings. The molecule has 0 bridgehead atoms. The number of carbonyl (C=O) groups is 1. The first-order chi connectivity index (χ1) is 14.9. The lowest BCUT2D eigenvalue weighted by Gasteiger charge is -2.17. The maximum atomic E-state index is 13.3. The van der Waals surface area contributed by atoms with E-state index >= 15 is 0 Å². The first-order valence-electron chi connectivity index (χ1n) is 9.69. The number of alkyl halides is 6. The molecule has 0 spiro atoms. The van der Waals surface area contributed by atoms with Crippen LogP contribution in [-0.4, -0.2) is 15.6 Å². The molecule has 0 saturated carbocycles. The highest BCUT2D eigenvalue weighted by molar-refractivity contribution is 5.83. The molecule has 0 fully saturated rings. The van der Waals surface area contributed by atoms with Crippen molar-refractivity contribution >= 4 is 16.9 Å². The van der Waals surface area contributed by atoms with E-state index in [4.69, 9.17) is 9.84 Å². The van der Waals surface area contributed by atoms with Crippen LogP contribution in [0.1, 0.15) is 41.3 Å². The summed E-state index contributed by atoms with van der Waals surface area (Å²) in [6.07, 6.45) is -8.54. The molecule has 170 valence electrons. The molecule has 10 heteroatoms. The highest BCUT2D eigenvalue weighted by Gasteiger charge is 2.38. The third-order valence-electron chi connectivity index (χ3n) is 5.54. The van der Waals surface area contributed by atoms with Gasteiger partial charge in [-0.05, 0) is 43.2 Å². The highest BCUT2D eigenvalue weighted by Crippen LogP contribution is 2.39. The summed E-state index contributed by atoms with van der Waals surface area (Å²) >= 11 is 0. The first-order valence-corrected chi connectivity index (χ1v) is 9.69. The normalized spacial score (nSPS) is 16.4. The zero-order chi connectivity index (χ0) is 23.3. The van der Waals surface area contributed by atoms with Crippen molar-refractivity contribution in [3.63, 3.8) is 0 Å². The number of halogens is 6. The van der Waals surface area contributed by atoms with Gasteiger partial charge in [0.2, 0.25) is 0 Å². The van der Waals surface area contributed by atoms with Crippen LogP contribution in [0.3, 0.4) is 0 Å². The monoisotopic (exact) mass is 457 g/mol. The van der Waals surface area contributed by atoms with E-state index in [0.717, 1.165) is 17.1 Å². The van der Waals surface area contributed by atoms with Crippen LogP contribution in [0.2, 0.25) is 0 Å². The Labute approximate surface area is 178 Å². The second-order valence-electron chi connectivity index (χ2n) is 7.67. The summed E-state index contributed by atoms with van der Waals surface area (Å²) in [5, 5.41) is 9.98. The van der Waals surface area contributed by atoms with Crippen molar-refractivity contribution in [2.45, 2.75) is 44.3 Å². The van der Waals surface area contributed by atoms with Crippen molar-refractivity contribution in [3.8, 4) is 5.75 Å². The quantitative estimate of drug-likeness (QED) is 0.463. The van der Waals surface area contributed by atoms with E-state index in [1.165, 1.54) is 0 Å². The minimum absolute atomic E-state index is 0.0532. The standard InChI is InChI=1S/C22H17F6NO3/c23-21(24,25)14-3-1-13(18(8-14)22(26,27)28)11-32-17-6-2-12-7-15-4-5-16(9-20(30)31)29(15)19(12)10-17/h1-3,6-8,10,16H,4-5,9,11H2,(H,30,31). The number of aliphatic carboxylic acids is 1. The van der Waals surface area contributed by atoms with Crippen LogP contribution in [0.5, 0.6) is 5.75 Å². The average molecular weight is 457 g/mol. The number of nitrogens with zero attached hydrogens (tertiary/aromatic N) is 1. The predicted molar refractivity (Wildman–Crippen MR) is 102 cm³/mol. The minimum Gasteiger partial charge on any atom is -0.489 e. The van der Waals surface area contributed by atoms with Crippen LogP contribution < -0.4 is 4.74 Å². The molecule has 0 radical (unpaired) electrons. The molecule has 0 saturated heterocycles. The van der Waals surface area contributed by atoms with E-state index in [-0.39, 0.29) is 24.3 Å². The van der Waals surface area contributed by atoms with Crippen molar-refractivity contribution in [2.75, 3.05) is 0 Å². The predicted octanol–water partition coefficient (Wildman–Crippen LogP) is 6.22. The van der Waals surface area contributed by atoms with Gasteiger partial charge in [-0.3, -0.25) is 4.79 Å². The number of benzene rings is 2. The maximum absolute atomic E-state index is 13.3. The molecular formula is C22H17F6NO3. The summed E-state index contributed by atoms with van der Waals surface area (Å²) < 4.78 is 85.9. The largest absolute Gasteiger partial charge is 0.489 e. The molecule has 4 nitrogen and oxygen atoms in total. The molecule has 0 aliphatic carbocycles. The van der Waals surface area contributed by atoms with E-state index in [2.05, 4.69) is 0 Å². The second kappa shape index (κ2) is 7.75. The molecule has 1 atom stereocenters. The van der Waals surface area contributed by atoms with Gasteiger partial charge in [-0.2, -0.15) is 26.3 Å². The molecule has 1 N–H and O–H groups in total. The number of carboxylic acids is 1. The number of ether oxygens (including phenoxy) is 1. The highest BCUT2D eigenvalue weighted by atomic mass is 19.4. The van der Waals surface area contributed by atoms with Gasteiger partial charge in [0.15, 0.2) is 0 Å². The molecule has 4 rings (SSSR count). The van der Waals surface area contributed by atoms with E-state index < -0.39 is 41.6 Å². The molecule has 0 amide bonds. The smallest absolute Gasteiger partial charge is 0.416 e. The van der Waals surface area contributed by atoms with Gasteiger partial charge in [-0.1, -0.05) is 6.07 Å². The molecule has 2 aromatic carbocycles. The number of carboxylic acid groups (broad SMARTS) is 1. The second-order valence-corrected chi connectivity index (χ2v) is 7.67. The van der Waals surface area contributed by atoms with E-state index in [9.17, 15) is 31.1 Å². The lowest BCUT2D eigenvalue weighted by Crippen LogP contribution is -2.14. The SMILES string of the molecule is O=C(O)CC1CCc2cc3ccc(OCc4ccc(C(F)(F)F)cc4C(F)(F)F)cc3n21. The van der Waals surface area contributed by atoms with Crippen LogP contribution in [0.25, 0.3) is 10.9 Å². The third-order valence-corrected chi connectivity index (χ3v) is 5.54. The van der Waals surface area contributed by atoms with Crippen molar-refractivity contribution < 1.29 is 41.0 Å².